The van der Waals surface area contributed by atoms with E-state index in [1.165, 1.54) is 13.8 Å². The van der Waals surface area contributed by atoms with Crippen molar-refractivity contribution in [1.82, 2.24) is 0 Å². The van der Waals surface area contributed by atoms with Crippen LogP contribution in [0.2, 0.25) is 37.8 Å². The third-order valence-corrected chi connectivity index (χ3v) is 12.4. The molecule has 0 heterocycles. The highest BCUT2D eigenvalue weighted by Crippen LogP contribution is 2.27. The summed E-state index contributed by atoms with van der Waals surface area (Å²) in [6, 6.07) is 2.78. The maximum absolute atomic E-state index is 11.3. The minimum atomic E-state index is -1.94. The van der Waals surface area contributed by atoms with Crippen LogP contribution in [0.3, 0.4) is 0 Å². The number of rotatable bonds is 13. The molecule has 0 fully saturated rings. The van der Waals surface area contributed by atoms with Gasteiger partial charge in [0.15, 0.2) is 16.6 Å². The molecule has 2 atom stereocenters. The Balaban J connectivity index is 4.50. The van der Waals surface area contributed by atoms with E-state index in [1.807, 2.05) is 0 Å². The average Bonchev–Trinajstić information content (AvgIpc) is 2.48. The summed E-state index contributed by atoms with van der Waals surface area (Å²) in [7, 11) is -3.83. The fourth-order valence-corrected chi connectivity index (χ4v) is 12.1. The molecule has 0 rings (SSSR count). The lowest BCUT2D eigenvalue weighted by Crippen LogP contribution is -2.47. The summed E-state index contributed by atoms with van der Waals surface area (Å²) in [5.74, 6) is -0.827. The van der Waals surface area contributed by atoms with Crippen molar-refractivity contribution in [3.05, 3.63) is 0 Å². The largest absolute Gasteiger partial charge is 0.466 e. The first-order chi connectivity index (χ1) is 11.5. The van der Waals surface area contributed by atoms with Gasteiger partial charge in [-0.25, -0.2) is 4.79 Å². The summed E-state index contributed by atoms with van der Waals surface area (Å²) < 4.78 is 16.8. The van der Waals surface area contributed by atoms with Crippen molar-refractivity contribution < 1.29 is 28.3 Å². The van der Waals surface area contributed by atoms with Crippen LogP contribution in [0.4, 0.5) is 0 Å². The van der Waals surface area contributed by atoms with Crippen LogP contribution >= 0.6 is 0 Å². The number of hydrogen-bond acceptors (Lipinski definition) is 6. The monoisotopic (exact) mass is 392 g/mol. The van der Waals surface area contributed by atoms with E-state index in [0.29, 0.717) is 13.2 Å². The summed E-state index contributed by atoms with van der Waals surface area (Å²) in [5, 5.41) is 9.12. The molecule has 0 bridgehead atoms. The highest BCUT2D eigenvalue weighted by Gasteiger charge is 2.36. The maximum Gasteiger partial charge on any atom is 0.334 e. The van der Waals surface area contributed by atoms with Crippen molar-refractivity contribution in [1.29, 1.82) is 0 Å². The first kappa shape index (κ1) is 24.3. The van der Waals surface area contributed by atoms with E-state index in [4.69, 9.17) is 18.7 Å². The Morgan fingerprint density at radius 1 is 1.00 bits per heavy atom. The summed E-state index contributed by atoms with van der Waals surface area (Å²) >= 11 is 0. The first-order valence-corrected chi connectivity index (χ1v) is 15.1. The second-order valence-electron chi connectivity index (χ2n) is 7.45. The van der Waals surface area contributed by atoms with Crippen LogP contribution in [0.1, 0.15) is 40.0 Å². The zero-order valence-electron chi connectivity index (χ0n) is 16.7. The molecule has 0 aliphatic heterocycles. The Hall–Kier alpha value is -0.706. The predicted molar refractivity (Wildman–Crippen MR) is 103 cm³/mol. The number of carbonyl (C=O) groups is 2. The highest BCUT2D eigenvalue weighted by atomic mass is 28.4. The Morgan fingerprint density at radius 2 is 1.64 bits per heavy atom. The van der Waals surface area contributed by atoms with Crippen molar-refractivity contribution in [3.8, 4) is 0 Å². The number of hydrogen-bond donors (Lipinski definition) is 1. The van der Waals surface area contributed by atoms with E-state index in [0.717, 1.165) is 37.4 Å². The van der Waals surface area contributed by atoms with E-state index in [1.54, 1.807) is 0 Å². The molecule has 6 nitrogen and oxygen atoms in total. The van der Waals surface area contributed by atoms with Gasteiger partial charge in [0.2, 0.25) is 0 Å². The first-order valence-electron chi connectivity index (χ1n) is 9.19. The van der Waals surface area contributed by atoms with Gasteiger partial charge < -0.3 is 18.7 Å². The standard InChI is InChI=1S/C17H36O6Si2/c1-7-8-13-25(6,14-11-21-16(3)19)23-24(4,5)12-9-10-22-17(20)15(2)18/h15,18H,7-14H2,1-6H3. The topological polar surface area (TPSA) is 82.1 Å². The maximum atomic E-state index is 11.3. The van der Waals surface area contributed by atoms with Gasteiger partial charge in [-0.2, -0.15) is 0 Å². The SMILES string of the molecule is CCCC[Si](C)(CCOC(C)=O)O[Si](C)(C)CCCOC(=O)C(C)O. The van der Waals surface area contributed by atoms with Gasteiger partial charge >= 0.3 is 11.9 Å². The van der Waals surface area contributed by atoms with Crippen LogP contribution in [-0.4, -0.2) is 53.0 Å². The summed E-state index contributed by atoms with van der Waals surface area (Å²) in [6.07, 6.45) is 1.91. The van der Waals surface area contributed by atoms with Gasteiger partial charge in [-0.05, 0) is 51.1 Å². The molecule has 0 aromatic heterocycles. The van der Waals surface area contributed by atoms with Gasteiger partial charge in [-0.1, -0.05) is 19.8 Å². The fraction of sp³-hybridized carbons (Fsp3) is 0.882. The van der Waals surface area contributed by atoms with Crippen LogP contribution in [-0.2, 0) is 23.2 Å². The fourth-order valence-electron chi connectivity index (χ4n) is 2.70. The third-order valence-electron chi connectivity index (χ3n) is 4.03. The zero-order chi connectivity index (χ0) is 19.5. The van der Waals surface area contributed by atoms with Gasteiger partial charge in [0, 0.05) is 6.92 Å². The molecule has 1 N–H and O–H groups in total. The molecular formula is C17H36O6Si2. The number of carbonyl (C=O) groups excluding carboxylic acids is 2. The highest BCUT2D eigenvalue weighted by molar-refractivity contribution is 6.85. The number of unbranched alkanes of at least 4 members (excludes halogenated alkanes) is 1. The van der Waals surface area contributed by atoms with Crippen molar-refractivity contribution in [2.24, 2.45) is 0 Å². The zero-order valence-corrected chi connectivity index (χ0v) is 18.7. The molecule has 148 valence electrons. The summed E-state index contributed by atoms with van der Waals surface area (Å²) in [5.41, 5.74) is 0. The van der Waals surface area contributed by atoms with Crippen molar-refractivity contribution in [3.63, 3.8) is 0 Å². The number of aliphatic hydroxyl groups excluding tert-OH is 1. The normalized spacial score (nSPS) is 15.3. The average molecular weight is 393 g/mol. The van der Waals surface area contributed by atoms with Crippen LogP contribution in [0, 0.1) is 0 Å². The molecule has 25 heavy (non-hydrogen) atoms. The lowest BCUT2D eigenvalue weighted by atomic mass is 10.4. The minimum Gasteiger partial charge on any atom is -0.466 e. The van der Waals surface area contributed by atoms with E-state index >= 15 is 0 Å². The van der Waals surface area contributed by atoms with Crippen LogP contribution in [0.5, 0.6) is 0 Å². The predicted octanol–water partition coefficient (Wildman–Crippen LogP) is 3.46. The quantitative estimate of drug-likeness (QED) is 0.294. The van der Waals surface area contributed by atoms with Gasteiger partial charge in [0.1, 0.15) is 6.10 Å². The smallest absolute Gasteiger partial charge is 0.334 e. The van der Waals surface area contributed by atoms with E-state index < -0.39 is 28.7 Å². The number of ether oxygens (including phenoxy) is 2. The molecule has 0 saturated carbocycles. The van der Waals surface area contributed by atoms with Gasteiger partial charge in [-0.15, -0.1) is 0 Å². The lowest BCUT2D eigenvalue weighted by Gasteiger charge is -2.36. The van der Waals surface area contributed by atoms with E-state index in [2.05, 4.69) is 26.6 Å². The third kappa shape index (κ3) is 12.3. The molecule has 0 aliphatic carbocycles. The molecule has 0 amide bonds. The van der Waals surface area contributed by atoms with E-state index in [9.17, 15) is 9.59 Å². The number of esters is 2. The van der Waals surface area contributed by atoms with Crippen LogP contribution in [0.15, 0.2) is 0 Å². The minimum absolute atomic E-state index is 0.247. The van der Waals surface area contributed by atoms with Crippen LogP contribution < -0.4 is 0 Å². The molecule has 0 aliphatic rings. The Morgan fingerprint density at radius 3 is 2.16 bits per heavy atom. The molecular weight excluding hydrogens is 356 g/mol. The molecule has 8 heteroatoms. The van der Waals surface area contributed by atoms with Crippen molar-refractivity contribution >= 4 is 28.6 Å². The summed E-state index contributed by atoms with van der Waals surface area (Å²) in [4.78, 5) is 22.3. The molecule has 0 aromatic rings. The van der Waals surface area contributed by atoms with Gasteiger partial charge in [0.25, 0.3) is 0 Å². The second-order valence-corrected chi connectivity index (χ2v) is 16.2. The second kappa shape index (κ2) is 11.8. The Bertz CT molecular complexity index is 414. The Kier molecular flexibility index (Phi) is 11.5. The van der Waals surface area contributed by atoms with Gasteiger partial charge in [-0.3, -0.25) is 4.79 Å². The van der Waals surface area contributed by atoms with E-state index in [-0.39, 0.29) is 5.97 Å². The molecule has 0 radical (unpaired) electrons. The van der Waals surface area contributed by atoms with Gasteiger partial charge in [0.05, 0.1) is 13.2 Å². The lowest BCUT2D eigenvalue weighted by molar-refractivity contribution is -0.152. The Labute approximate surface area is 154 Å². The van der Waals surface area contributed by atoms with Crippen molar-refractivity contribution in [2.75, 3.05) is 13.2 Å². The molecule has 0 spiro atoms. The summed E-state index contributed by atoms with van der Waals surface area (Å²) in [6.45, 7) is 12.3. The molecule has 0 aromatic carbocycles. The van der Waals surface area contributed by atoms with Crippen molar-refractivity contribution in [2.45, 2.75) is 83.9 Å². The molecule has 0 saturated heterocycles. The van der Waals surface area contributed by atoms with Crippen LogP contribution in [0.25, 0.3) is 0 Å². The molecule has 2 unspecified atom stereocenters. The number of aliphatic hydroxyl groups is 1.